The Hall–Kier alpha value is -2.73. The summed E-state index contributed by atoms with van der Waals surface area (Å²) in [6.45, 7) is 4.11. The molecule has 26 heavy (non-hydrogen) atoms. The molecule has 2 aromatic carbocycles. The van der Waals surface area contributed by atoms with Gasteiger partial charge in [0.15, 0.2) is 11.6 Å². The fourth-order valence-electron chi connectivity index (χ4n) is 2.79. The van der Waals surface area contributed by atoms with Crippen molar-refractivity contribution in [1.82, 2.24) is 5.32 Å². The van der Waals surface area contributed by atoms with Gasteiger partial charge >= 0.3 is 5.97 Å². The van der Waals surface area contributed by atoms with Gasteiger partial charge in [-0.05, 0) is 37.6 Å². The smallest absolute Gasteiger partial charge is 0.374 e. The normalized spacial score (nSPS) is 12.3. The number of esters is 1. The number of fused-ring (bicyclic) bond motifs is 1. The molecule has 0 unspecified atom stereocenters. The van der Waals surface area contributed by atoms with E-state index in [-0.39, 0.29) is 18.4 Å². The maximum Gasteiger partial charge on any atom is 0.374 e. The quantitative estimate of drug-likeness (QED) is 0.646. The number of halogens is 2. The van der Waals surface area contributed by atoms with Crippen LogP contribution < -0.4 is 5.32 Å². The summed E-state index contributed by atoms with van der Waals surface area (Å²) in [6, 6.07) is 10.8. The van der Waals surface area contributed by atoms with Gasteiger partial charge in [-0.15, -0.1) is 0 Å². The highest BCUT2D eigenvalue weighted by molar-refractivity contribution is 5.96. The molecular formula is C20H19F2NO3. The molecule has 0 fully saturated rings. The zero-order valence-corrected chi connectivity index (χ0v) is 14.5. The number of ether oxygens (including phenoxy) is 1. The van der Waals surface area contributed by atoms with Crippen molar-refractivity contribution in [1.29, 1.82) is 0 Å². The van der Waals surface area contributed by atoms with Gasteiger partial charge in [-0.1, -0.05) is 24.3 Å². The van der Waals surface area contributed by atoms with Crippen LogP contribution in [0.5, 0.6) is 0 Å². The predicted molar refractivity (Wildman–Crippen MR) is 93.8 cm³/mol. The van der Waals surface area contributed by atoms with Gasteiger partial charge < -0.3 is 14.5 Å². The summed E-state index contributed by atoms with van der Waals surface area (Å²) < 4.78 is 37.3. The van der Waals surface area contributed by atoms with Gasteiger partial charge in [0.1, 0.15) is 5.58 Å². The van der Waals surface area contributed by atoms with E-state index in [1.165, 1.54) is 6.07 Å². The standard InChI is InChI=1S/C20H19F2NO3/c1-3-25-20(24)19-15(14-6-4-5-7-18(14)26-19)11-23-12(2)13-8-9-16(21)17(22)10-13/h4-10,12,23H,3,11H2,1-2H3/t12-/m1/s1. The van der Waals surface area contributed by atoms with Crippen LogP contribution in [0.4, 0.5) is 8.78 Å². The second-order valence-electron chi connectivity index (χ2n) is 5.90. The third kappa shape index (κ3) is 3.60. The minimum absolute atomic E-state index is 0.151. The van der Waals surface area contributed by atoms with Crippen LogP contribution in [-0.2, 0) is 11.3 Å². The number of carbonyl (C=O) groups excluding carboxylic acids is 1. The molecule has 4 nitrogen and oxygen atoms in total. The maximum atomic E-state index is 13.4. The van der Waals surface area contributed by atoms with Gasteiger partial charge in [-0.25, -0.2) is 13.6 Å². The van der Waals surface area contributed by atoms with Crippen molar-refractivity contribution in [3.8, 4) is 0 Å². The van der Waals surface area contributed by atoms with Crippen LogP contribution in [0, 0.1) is 11.6 Å². The SMILES string of the molecule is CCOC(=O)c1oc2ccccc2c1CN[C@H](C)c1ccc(F)c(F)c1. The van der Waals surface area contributed by atoms with E-state index in [2.05, 4.69) is 5.32 Å². The second-order valence-corrected chi connectivity index (χ2v) is 5.90. The summed E-state index contributed by atoms with van der Waals surface area (Å²) >= 11 is 0. The van der Waals surface area contributed by atoms with Gasteiger partial charge in [-0.2, -0.15) is 0 Å². The van der Waals surface area contributed by atoms with Gasteiger partial charge in [-0.3, -0.25) is 0 Å². The molecule has 0 saturated carbocycles. The Morgan fingerprint density at radius 2 is 1.96 bits per heavy atom. The molecule has 3 aromatic rings. The Morgan fingerprint density at radius 3 is 2.69 bits per heavy atom. The number of hydrogen-bond donors (Lipinski definition) is 1. The number of furan rings is 1. The zero-order chi connectivity index (χ0) is 18.7. The fraction of sp³-hybridized carbons (Fsp3) is 0.250. The minimum Gasteiger partial charge on any atom is -0.460 e. The third-order valence-corrected chi connectivity index (χ3v) is 4.19. The molecule has 1 aromatic heterocycles. The fourth-order valence-corrected chi connectivity index (χ4v) is 2.79. The van der Waals surface area contributed by atoms with Crippen molar-refractivity contribution in [3.05, 3.63) is 71.0 Å². The molecule has 136 valence electrons. The molecule has 1 atom stereocenters. The van der Waals surface area contributed by atoms with Gasteiger partial charge in [0.05, 0.1) is 6.61 Å². The van der Waals surface area contributed by atoms with Gasteiger partial charge in [0, 0.05) is 23.5 Å². The van der Waals surface area contributed by atoms with Crippen LogP contribution in [0.2, 0.25) is 0 Å². The zero-order valence-electron chi connectivity index (χ0n) is 14.5. The number of para-hydroxylation sites is 1. The summed E-state index contributed by atoms with van der Waals surface area (Å²) in [6.07, 6.45) is 0. The van der Waals surface area contributed by atoms with Gasteiger partial charge in [0.25, 0.3) is 0 Å². The van der Waals surface area contributed by atoms with Crippen molar-refractivity contribution in [2.24, 2.45) is 0 Å². The topological polar surface area (TPSA) is 51.5 Å². The average molecular weight is 359 g/mol. The summed E-state index contributed by atoms with van der Waals surface area (Å²) in [4.78, 5) is 12.2. The molecule has 1 N–H and O–H groups in total. The molecule has 0 aliphatic heterocycles. The van der Waals surface area contributed by atoms with Crippen LogP contribution in [0.1, 0.15) is 41.6 Å². The van der Waals surface area contributed by atoms with Crippen LogP contribution >= 0.6 is 0 Å². The Kier molecular flexibility index (Phi) is 5.32. The summed E-state index contributed by atoms with van der Waals surface area (Å²) in [5.74, 6) is -2.15. The highest BCUT2D eigenvalue weighted by Gasteiger charge is 2.22. The Labute approximate surface area is 149 Å². The summed E-state index contributed by atoms with van der Waals surface area (Å²) in [5.41, 5.74) is 1.87. The Bertz CT molecular complexity index is 936. The summed E-state index contributed by atoms with van der Waals surface area (Å²) in [7, 11) is 0. The molecule has 0 aliphatic rings. The number of benzene rings is 2. The molecule has 0 radical (unpaired) electrons. The largest absolute Gasteiger partial charge is 0.460 e. The van der Waals surface area contributed by atoms with E-state index < -0.39 is 17.6 Å². The molecular weight excluding hydrogens is 340 g/mol. The molecule has 0 saturated heterocycles. The van der Waals surface area contributed by atoms with Crippen LogP contribution in [0.15, 0.2) is 46.9 Å². The molecule has 0 aliphatic carbocycles. The predicted octanol–water partition coefficient (Wildman–Crippen LogP) is 4.74. The number of rotatable bonds is 6. The van der Waals surface area contributed by atoms with E-state index in [0.717, 1.165) is 17.5 Å². The third-order valence-electron chi connectivity index (χ3n) is 4.19. The lowest BCUT2D eigenvalue weighted by Gasteiger charge is -2.14. The van der Waals surface area contributed by atoms with E-state index in [1.807, 2.05) is 25.1 Å². The van der Waals surface area contributed by atoms with Crippen LogP contribution in [0.3, 0.4) is 0 Å². The lowest BCUT2D eigenvalue weighted by molar-refractivity contribution is 0.0490. The van der Waals surface area contributed by atoms with E-state index in [9.17, 15) is 13.6 Å². The maximum absolute atomic E-state index is 13.4. The number of hydrogen-bond acceptors (Lipinski definition) is 4. The van der Waals surface area contributed by atoms with Crippen molar-refractivity contribution >= 4 is 16.9 Å². The van der Waals surface area contributed by atoms with Crippen LogP contribution in [-0.4, -0.2) is 12.6 Å². The monoisotopic (exact) mass is 359 g/mol. The lowest BCUT2D eigenvalue weighted by atomic mass is 10.1. The van der Waals surface area contributed by atoms with E-state index in [1.54, 1.807) is 13.0 Å². The number of nitrogens with one attached hydrogen (secondary N) is 1. The molecule has 0 bridgehead atoms. The van der Waals surface area contributed by atoms with Crippen LogP contribution in [0.25, 0.3) is 11.0 Å². The van der Waals surface area contributed by atoms with Crippen molar-refractivity contribution in [2.45, 2.75) is 26.4 Å². The van der Waals surface area contributed by atoms with E-state index >= 15 is 0 Å². The first-order valence-electron chi connectivity index (χ1n) is 8.37. The first kappa shape index (κ1) is 18.1. The molecule has 0 spiro atoms. The van der Waals surface area contributed by atoms with Gasteiger partial charge in [0.2, 0.25) is 5.76 Å². The van der Waals surface area contributed by atoms with E-state index in [4.69, 9.17) is 9.15 Å². The molecule has 0 amide bonds. The average Bonchev–Trinajstić information content (AvgIpc) is 3.01. The highest BCUT2D eigenvalue weighted by atomic mass is 19.2. The molecule has 1 heterocycles. The summed E-state index contributed by atoms with van der Waals surface area (Å²) in [5, 5.41) is 4.03. The highest BCUT2D eigenvalue weighted by Crippen LogP contribution is 2.27. The van der Waals surface area contributed by atoms with Crippen molar-refractivity contribution in [3.63, 3.8) is 0 Å². The first-order chi connectivity index (χ1) is 12.5. The second kappa shape index (κ2) is 7.66. The van der Waals surface area contributed by atoms with Crippen molar-refractivity contribution in [2.75, 3.05) is 6.61 Å². The minimum atomic E-state index is -0.892. The van der Waals surface area contributed by atoms with E-state index in [0.29, 0.717) is 23.3 Å². The molecule has 6 heteroatoms. The Morgan fingerprint density at radius 1 is 1.19 bits per heavy atom. The first-order valence-corrected chi connectivity index (χ1v) is 8.37. The Balaban J connectivity index is 1.86. The number of carbonyl (C=O) groups is 1. The molecule has 3 rings (SSSR count). The van der Waals surface area contributed by atoms with Crippen molar-refractivity contribution < 1.29 is 22.7 Å². The lowest BCUT2D eigenvalue weighted by Crippen LogP contribution is -2.20.